The Bertz CT molecular complexity index is 779. The largest absolute Gasteiger partial charge is 0.450 e. The molecule has 0 radical (unpaired) electrons. The number of hydrogen-bond donors (Lipinski definition) is 2. The minimum absolute atomic E-state index is 0.0147. The van der Waals surface area contributed by atoms with Crippen LogP contribution in [0.2, 0.25) is 0 Å². The molecule has 0 saturated heterocycles. The van der Waals surface area contributed by atoms with E-state index in [4.69, 9.17) is 4.74 Å². The lowest BCUT2D eigenvalue weighted by atomic mass is 10.3. The Morgan fingerprint density at radius 1 is 1.22 bits per heavy atom. The van der Waals surface area contributed by atoms with Gasteiger partial charge in [0.1, 0.15) is 0 Å². The maximum absolute atomic E-state index is 12.2. The molecule has 1 heterocycles. The van der Waals surface area contributed by atoms with E-state index in [0.717, 1.165) is 3.57 Å². The molecular formula is C13H13IN4O4S. The Morgan fingerprint density at radius 3 is 2.39 bits per heavy atom. The van der Waals surface area contributed by atoms with Crippen molar-refractivity contribution in [3.63, 3.8) is 0 Å². The van der Waals surface area contributed by atoms with Gasteiger partial charge >= 0.3 is 6.09 Å². The molecule has 122 valence electrons. The van der Waals surface area contributed by atoms with E-state index in [0.29, 0.717) is 5.69 Å². The molecule has 1 amide bonds. The molecule has 0 bridgehead atoms. The molecule has 0 aliphatic heterocycles. The Hall–Kier alpha value is -1.95. The SMILES string of the molecule is CCOC(=O)Nc1ccc(S(=O)(=O)Nc2ncc(I)cn2)cc1. The minimum Gasteiger partial charge on any atom is -0.450 e. The summed E-state index contributed by atoms with van der Waals surface area (Å²) in [7, 11) is -3.80. The van der Waals surface area contributed by atoms with Crippen molar-refractivity contribution in [2.24, 2.45) is 0 Å². The molecule has 23 heavy (non-hydrogen) atoms. The zero-order valence-corrected chi connectivity index (χ0v) is 15.0. The molecule has 0 saturated carbocycles. The third-order valence-corrected chi connectivity index (χ3v) is 4.43. The first-order valence-corrected chi connectivity index (χ1v) is 9.01. The number of nitrogens with zero attached hydrogens (tertiary/aromatic N) is 2. The van der Waals surface area contributed by atoms with Gasteiger partial charge < -0.3 is 4.74 Å². The molecule has 0 aliphatic rings. The van der Waals surface area contributed by atoms with Crippen molar-refractivity contribution < 1.29 is 17.9 Å². The summed E-state index contributed by atoms with van der Waals surface area (Å²) in [5.41, 5.74) is 0.424. The number of sulfonamides is 1. The van der Waals surface area contributed by atoms with E-state index in [1.807, 2.05) is 22.6 Å². The average Bonchev–Trinajstić information content (AvgIpc) is 2.50. The molecule has 0 aliphatic carbocycles. The first-order valence-electron chi connectivity index (χ1n) is 6.45. The normalized spacial score (nSPS) is 10.9. The van der Waals surface area contributed by atoms with Crippen LogP contribution in [-0.2, 0) is 14.8 Å². The standard InChI is InChI=1S/C13H13IN4O4S/c1-2-22-13(19)17-10-3-5-11(6-4-10)23(20,21)18-12-15-7-9(14)8-16-12/h3-8H,2H2,1H3,(H,17,19)(H,15,16,18). The summed E-state index contributed by atoms with van der Waals surface area (Å²) in [6, 6.07) is 5.63. The van der Waals surface area contributed by atoms with Crippen LogP contribution in [0.1, 0.15) is 6.92 Å². The summed E-state index contributed by atoms with van der Waals surface area (Å²) in [5, 5.41) is 2.48. The Labute approximate surface area is 146 Å². The summed E-state index contributed by atoms with van der Waals surface area (Å²) in [4.78, 5) is 19.1. The molecule has 0 fully saturated rings. The number of benzene rings is 1. The van der Waals surface area contributed by atoms with E-state index >= 15 is 0 Å². The number of aromatic nitrogens is 2. The number of halogens is 1. The first kappa shape index (κ1) is 17.4. The maximum atomic E-state index is 12.2. The average molecular weight is 448 g/mol. The van der Waals surface area contributed by atoms with Crippen molar-refractivity contribution >= 4 is 50.3 Å². The molecule has 0 unspecified atom stereocenters. The second-order valence-electron chi connectivity index (χ2n) is 4.20. The highest BCUT2D eigenvalue weighted by atomic mass is 127. The van der Waals surface area contributed by atoms with E-state index in [2.05, 4.69) is 20.0 Å². The van der Waals surface area contributed by atoms with Gasteiger partial charge in [-0.25, -0.2) is 27.9 Å². The predicted octanol–water partition coefficient (Wildman–Crippen LogP) is 2.45. The second-order valence-corrected chi connectivity index (χ2v) is 7.13. The molecule has 2 N–H and O–H groups in total. The molecule has 2 rings (SSSR count). The Balaban J connectivity index is 2.11. The predicted molar refractivity (Wildman–Crippen MR) is 92.6 cm³/mol. The van der Waals surface area contributed by atoms with Gasteiger partial charge in [0.05, 0.1) is 11.5 Å². The van der Waals surface area contributed by atoms with Crippen LogP contribution in [0, 0.1) is 3.57 Å². The van der Waals surface area contributed by atoms with Crippen LogP contribution in [0.25, 0.3) is 0 Å². The van der Waals surface area contributed by atoms with Gasteiger partial charge in [-0.3, -0.25) is 5.32 Å². The summed E-state index contributed by atoms with van der Waals surface area (Å²) in [6.07, 6.45) is 2.39. The smallest absolute Gasteiger partial charge is 0.411 e. The quantitative estimate of drug-likeness (QED) is 0.681. The van der Waals surface area contributed by atoms with Crippen LogP contribution >= 0.6 is 22.6 Å². The van der Waals surface area contributed by atoms with Crippen molar-refractivity contribution in [3.05, 3.63) is 40.2 Å². The molecule has 0 atom stereocenters. The number of nitrogens with one attached hydrogen (secondary N) is 2. The summed E-state index contributed by atoms with van der Waals surface area (Å²) in [5.74, 6) is -0.0147. The van der Waals surface area contributed by atoms with Gasteiger partial charge in [0.2, 0.25) is 5.95 Å². The highest BCUT2D eigenvalue weighted by Crippen LogP contribution is 2.16. The Kier molecular flexibility index (Phi) is 5.71. The fraction of sp³-hybridized carbons (Fsp3) is 0.154. The molecule has 2 aromatic rings. The zero-order chi connectivity index (χ0) is 16.9. The van der Waals surface area contributed by atoms with Gasteiger partial charge in [0.15, 0.2) is 0 Å². The topological polar surface area (TPSA) is 110 Å². The summed E-state index contributed by atoms with van der Waals surface area (Å²) < 4.78 is 32.2. The lowest BCUT2D eigenvalue weighted by molar-refractivity contribution is 0.168. The number of hydrogen-bond acceptors (Lipinski definition) is 6. The van der Waals surface area contributed by atoms with Crippen molar-refractivity contribution in [1.82, 2.24) is 9.97 Å². The third kappa shape index (κ3) is 5.03. The molecule has 8 nitrogen and oxygen atoms in total. The number of ether oxygens (including phenoxy) is 1. The lowest BCUT2D eigenvalue weighted by Gasteiger charge is -2.08. The fourth-order valence-electron chi connectivity index (χ4n) is 1.55. The van der Waals surface area contributed by atoms with Gasteiger partial charge in [0, 0.05) is 21.7 Å². The first-order chi connectivity index (χ1) is 10.9. The highest BCUT2D eigenvalue weighted by Gasteiger charge is 2.15. The van der Waals surface area contributed by atoms with Crippen LogP contribution in [-0.4, -0.2) is 31.1 Å². The van der Waals surface area contributed by atoms with Crippen LogP contribution in [0.3, 0.4) is 0 Å². The van der Waals surface area contributed by atoms with E-state index in [1.165, 1.54) is 36.7 Å². The molecule has 1 aromatic carbocycles. The number of rotatable bonds is 5. The van der Waals surface area contributed by atoms with Gasteiger partial charge in [-0.15, -0.1) is 0 Å². The van der Waals surface area contributed by atoms with E-state index in [-0.39, 0.29) is 17.5 Å². The number of carbonyl (C=O) groups excluding carboxylic acids is 1. The highest BCUT2D eigenvalue weighted by molar-refractivity contribution is 14.1. The Morgan fingerprint density at radius 2 is 1.83 bits per heavy atom. The number of anilines is 2. The van der Waals surface area contributed by atoms with Crippen molar-refractivity contribution in [2.75, 3.05) is 16.6 Å². The maximum Gasteiger partial charge on any atom is 0.411 e. The van der Waals surface area contributed by atoms with Crippen LogP contribution in [0.15, 0.2) is 41.6 Å². The third-order valence-electron chi connectivity index (χ3n) is 2.53. The number of carbonyl (C=O) groups is 1. The number of amides is 1. The second kappa shape index (κ2) is 7.55. The summed E-state index contributed by atoms with van der Waals surface area (Å²) in [6.45, 7) is 1.94. The van der Waals surface area contributed by atoms with Crippen LogP contribution < -0.4 is 10.0 Å². The molecular weight excluding hydrogens is 435 g/mol. The van der Waals surface area contributed by atoms with Gasteiger partial charge in [0.25, 0.3) is 10.0 Å². The van der Waals surface area contributed by atoms with Crippen molar-refractivity contribution in [3.8, 4) is 0 Å². The summed E-state index contributed by atoms with van der Waals surface area (Å²) >= 11 is 2.02. The van der Waals surface area contributed by atoms with Crippen molar-refractivity contribution in [2.45, 2.75) is 11.8 Å². The monoisotopic (exact) mass is 448 g/mol. The van der Waals surface area contributed by atoms with Gasteiger partial charge in [-0.05, 0) is 53.8 Å². The van der Waals surface area contributed by atoms with Crippen LogP contribution in [0.5, 0.6) is 0 Å². The fourth-order valence-corrected chi connectivity index (χ4v) is 2.78. The van der Waals surface area contributed by atoms with E-state index < -0.39 is 16.1 Å². The van der Waals surface area contributed by atoms with E-state index in [9.17, 15) is 13.2 Å². The molecule has 0 spiro atoms. The van der Waals surface area contributed by atoms with Gasteiger partial charge in [-0.2, -0.15) is 0 Å². The molecule has 10 heteroatoms. The zero-order valence-electron chi connectivity index (χ0n) is 12.0. The van der Waals surface area contributed by atoms with Crippen LogP contribution in [0.4, 0.5) is 16.4 Å². The minimum atomic E-state index is -3.80. The van der Waals surface area contributed by atoms with Crippen molar-refractivity contribution in [1.29, 1.82) is 0 Å². The lowest BCUT2D eigenvalue weighted by Crippen LogP contribution is -2.16. The van der Waals surface area contributed by atoms with Gasteiger partial charge in [-0.1, -0.05) is 0 Å². The van der Waals surface area contributed by atoms with E-state index in [1.54, 1.807) is 6.92 Å². The molecule has 1 aromatic heterocycles.